The highest BCUT2D eigenvalue weighted by molar-refractivity contribution is 5.62. The number of anilines is 3. The molecular formula is C19H30N6. The molecule has 5 fully saturated rings. The maximum Gasteiger partial charge on any atom is 0.223 e. The quantitative estimate of drug-likeness (QED) is 0.854. The van der Waals surface area contributed by atoms with Crippen molar-refractivity contribution in [1.82, 2.24) is 14.9 Å². The van der Waals surface area contributed by atoms with Crippen LogP contribution in [-0.2, 0) is 0 Å². The van der Waals surface area contributed by atoms with Crippen LogP contribution < -0.4 is 16.4 Å². The number of hydrogen-bond donors (Lipinski definition) is 2. The van der Waals surface area contributed by atoms with Gasteiger partial charge in [-0.05, 0) is 68.7 Å². The molecule has 4 N–H and O–H groups in total. The number of rotatable bonds is 2. The largest absolute Gasteiger partial charge is 0.383 e. The molecule has 2 heterocycles. The molecule has 1 saturated heterocycles. The molecule has 5 aliphatic rings. The van der Waals surface area contributed by atoms with Gasteiger partial charge in [0.15, 0.2) is 0 Å². The van der Waals surface area contributed by atoms with Crippen LogP contribution in [0.4, 0.5) is 17.6 Å². The summed E-state index contributed by atoms with van der Waals surface area (Å²) >= 11 is 0. The van der Waals surface area contributed by atoms with Gasteiger partial charge in [0, 0.05) is 31.7 Å². The number of likely N-dealkylation sites (N-methyl/N-ethyl adjacent to an activating group) is 1. The van der Waals surface area contributed by atoms with Gasteiger partial charge >= 0.3 is 0 Å². The zero-order chi connectivity index (χ0) is 17.1. The second-order valence-electron chi connectivity index (χ2n) is 8.95. The topological polar surface area (TPSA) is 84.3 Å². The summed E-state index contributed by atoms with van der Waals surface area (Å²) in [5, 5.41) is 0. The molecule has 0 amide bonds. The molecule has 0 spiro atoms. The third kappa shape index (κ3) is 2.57. The molecular weight excluding hydrogens is 312 g/mol. The number of aromatic nitrogens is 2. The fourth-order valence-electron chi connectivity index (χ4n) is 6.47. The summed E-state index contributed by atoms with van der Waals surface area (Å²) in [6, 6.07) is 0. The van der Waals surface area contributed by atoms with Crippen molar-refractivity contribution in [3.63, 3.8) is 0 Å². The van der Waals surface area contributed by atoms with Gasteiger partial charge in [-0.1, -0.05) is 0 Å². The Morgan fingerprint density at radius 3 is 2.04 bits per heavy atom. The lowest BCUT2D eigenvalue weighted by atomic mass is 9.50. The number of piperazine rings is 1. The Bertz CT molecular complexity index is 638. The SMILES string of the molecule is CN1CCN(c2nc(N)nc(N)c2C2C3CC4CC(C3)CC2C4)CC1. The van der Waals surface area contributed by atoms with Crippen molar-refractivity contribution >= 4 is 17.6 Å². The smallest absolute Gasteiger partial charge is 0.223 e. The van der Waals surface area contributed by atoms with E-state index in [9.17, 15) is 0 Å². The van der Waals surface area contributed by atoms with Gasteiger partial charge in [-0.2, -0.15) is 9.97 Å². The summed E-state index contributed by atoms with van der Waals surface area (Å²) in [6.07, 6.45) is 6.99. The Kier molecular flexibility index (Phi) is 3.59. The van der Waals surface area contributed by atoms with Gasteiger partial charge in [-0.25, -0.2) is 0 Å². The maximum atomic E-state index is 6.47. The van der Waals surface area contributed by atoms with Crippen molar-refractivity contribution < 1.29 is 0 Å². The zero-order valence-electron chi connectivity index (χ0n) is 15.2. The molecule has 1 aromatic heterocycles. The predicted molar refractivity (Wildman–Crippen MR) is 100 cm³/mol. The molecule has 6 heteroatoms. The first-order chi connectivity index (χ1) is 12.1. The number of hydrogen-bond acceptors (Lipinski definition) is 6. The molecule has 6 nitrogen and oxygen atoms in total. The molecule has 4 aliphatic carbocycles. The third-order valence-electron chi connectivity index (χ3n) is 7.34. The van der Waals surface area contributed by atoms with E-state index in [1.807, 2.05) is 0 Å². The van der Waals surface area contributed by atoms with E-state index in [4.69, 9.17) is 16.5 Å². The Morgan fingerprint density at radius 2 is 1.44 bits per heavy atom. The molecule has 6 rings (SSSR count). The molecule has 0 aromatic carbocycles. The molecule has 0 atom stereocenters. The van der Waals surface area contributed by atoms with E-state index >= 15 is 0 Å². The minimum atomic E-state index is 0.319. The van der Waals surface area contributed by atoms with E-state index in [-0.39, 0.29) is 0 Å². The lowest BCUT2D eigenvalue weighted by molar-refractivity contribution is -0.00260. The summed E-state index contributed by atoms with van der Waals surface area (Å²) in [6.45, 7) is 4.11. The van der Waals surface area contributed by atoms with Gasteiger partial charge in [0.2, 0.25) is 5.95 Å². The highest BCUT2D eigenvalue weighted by atomic mass is 15.3. The van der Waals surface area contributed by atoms with Crippen molar-refractivity contribution in [2.45, 2.75) is 38.0 Å². The summed E-state index contributed by atoms with van der Waals surface area (Å²) < 4.78 is 0. The molecule has 0 unspecified atom stereocenters. The monoisotopic (exact) mass is 342 g/mol. The van der Waals surface area contributed by atoms with Gasteiger partial charge in [-0.15, -0.1) is 0 Å². The average Bonchev–Trinajstić information content (AvgIpc) is 2.56. The van der Waals surface area contributed by atoms with Crippen molar-refractivity contribution in [2.75, 3.05) is 49.6 Å². The first-order valence-electron chi connectivity index (χ1n) is 9.95. The summed E-state index contributed by atoms with van der Waals surface area (Å²) in [5.74, 6) is 6.01. The van der Waals surface area contributed by atoms with Gasteiger partial charge in [-0.3, -0.25) is 0 Å². The number of nitrogen functional groups attached to an aromatic ring is 2. The van der Waals surface area contributed by atoms with Crippen molar-refractivity contribution in [3.05, 3.63) is 5.56 Å². The van der Waals surface area contributed by atoms with Crippen LogP contribution in [0.25, 0.3) is 0 Å². The third-order valence-corrected chi connectivity index (χ3v) is 7.34. The Hall–Kier alpha value is -1.56. The lowest BCUT2D eigenvalue weighted by Gasteiger charge is -2.55. The van der Waals surface area contributed by atoms with Crippen LogP contribution in [0.15, 0.2) is 0 Å². The summed E-state index contributed by atoms with van der Waals surface area (Å²) in [7, 11) is 2.18. The van der Waals surface area contributed by atoms with E-state index < -0.39 is 0 Å². The van der Waals surface area contributed by atoms with Crippen molar-refractivity contribution in [2.24, 2.45) is 23.7 Å². The van der Waals surface area contributed by atoms with Crippen LogP contribution in [0.3, 0.4) is 0 Å². The van der Waals surface area contributed by atoms with Crippen LogP contribution in [0.1, 0.15) is 43.6 Å². The van der Waals surface area contributed by atoms with Crippen LogP contribution in [-0.4, -0.2) is 48.1 Å². The van der Waals surface area contributed by atoms with Gasteiger partial charge < -0.3 is 21.3 Å². The Morgan fingerprint density at radius 1 is 0.840 bits per heavy atom. The Balaban J connectivity index is 1.54. The fourth-order valence-corrected chi connectivity index (χ4v) is 6.47. The maximum absolute atomic E-state index is 6.47. The minimum Gasteiger partial charge on any atom is -0.383 e. The fraction of sp³-hybridized carbons (Fsp3) is 0.789. The van der Waals surface area contributed by atoms with E-state index in [1.165, 1.54) is 37.7 Å². The standard InChI is InChI=1S/C19H30N6/c1-24-2-4-25(5-3-24)18-16(17(20)22-19(21)23-18)15-13-7-11-6-12(9-13)10-14(15)8-11/h11-15H,2-10H2,1H3,(H4,20,21,22,23). The second kappa shape index (κ2) is 5.73. The molecule has 1 aromatic rings. The zero-order valence-corrected chi connectivity index (χ0v) is 15.2. The second-order valence-corrected chi connectivity index (χ2v) is 8.95. The average molecular weight is 342 g/mol. The minimum absolute atomic E-state index is 0.319. The number of nitrogens with two attached hydrogens (primary N) is 2. The van der Waals surface area contributed by atoms with E-state index in [0.29, 0.717) is 17.7 Å². The first-order valence-corrected chi connectivity index (χ1v) is 9.95. The Labute approximate surface area is 150 Å². The van der Waals surface area contributed by atoms with E-state index in [1.54, 1.807) is 0 Å². The highest BCUT2D eigenvalue weighted by Crippen LogP contribution is 2.61. The van der Waals surface area contributed by atoms with E-state index in [2.05, 4.69) is 21.8 Å². The predicted octanol–water partition coefficient (Wildman–Crippen LogP) is 1.93. The van der Waals surface area contributed by atoms with Crippen molar-refractivity contribution in [3.8, 4) is 0 Å². The molecule has 1 aliphatic heterocycles. The normalized spacial score (nSPS) is 37.6. The summed E-state index contributed by atoms with van der Waals surface area (Å²) in [5.41, 5.74) is 13.7. The molecule has 0 radical (unpaired) electrons. The first kappa shape index (κ1) is 15.7. The van der Waals surface area contributed by atoms with Crippen molar-refractivity contribution in [1.29, 1.82) is 0 Å². The van der Waals surface area contributed by atoms with Crippen LogP contribution >= 0.6 is 0 Å². The highest BCUT2D eigenvalue weighted by Gasteiger charge is 2.50. The van der Waals surface area contributed by atoms with Crippen LogP contribution in [0, 0.1) is 23.7 Å². The van der Waals surface area contributed by atoms with Gasteiger partial charge in [0.05, 0.1) is 0 Å². The molecule has 136 valence electrons. The van der Waals surface area contributed by atoms with Gasteiger partial charge in [0.25, 0.3) is 0 Å². The lowest BCUT2D eigenvalue weighted by Crippen LogP contribution is -2.47. The van der Waals surface area contributed by atoms with Gasteiger partial charge in [0.1, 0.15) is 11.6 Å². The number of nitrogens with zero attached hydrogens (tertiary/aromatic N) is 4. The molecule has 25 heavy (non-hydrogen) atoms. The van der Waals surface area contributed by atoms with Crippen LogP contribution in [0.2, 0.25) is 0 Å². The molecule has 4 saturated carbocycles. The summed E-state index contributed by atoms with van der Waals surface area (Å²) in [4.78, 5) is 13.9. The van der Waals surface area contributed by atoms with Crippen LogP contribution in [0.5, 0.6) is 0 Å². The molecule has 4 bridgehead atoms. The van der Waals surface area contributed by atoms with E-state index in [0.717, 1.165) is 55.7 Å².